The van der Waals surface area contributed by atoms with Crippen molar-refractivity contribution in [1.29, 1.82) is 0 Å². The summed E-state index contributed by atoms with van der Waals surface area (Å²) in [6.07, 6.45) is 1.15. The molecule has 2 rings (SSSR count). The fraction of sp³-hybridized carbons (Fsp3) is 0.700. The van der Waals surface area contributed by atoms with E-state index in [1.165, 1.54) is 0 Å². The second-order valence-corrected chi connectivity index (χ2v) is 4.22. The van der Waals surface area contributed by atoms with E-state index in [2.05, 4.69) is 11.9 Å². The van der Waals surface area contributed by atoms with Gasteiger partial charge in [-0.2, -0.15) is 0 Å². The van der Waals surface area contributed by atoms with Crippen LogP contribution in [-0.2, 0) is 0 Å². The molecule has 2 aliphatic heterocycles. The average molecular weight is 196 g/mol. The summed E-state index contributed by atoms with van der Waals surface area (Å²) in [5.74, 6) is 0. The molecular weight excluding hydrogens is 180 g/mol. The van der Waals surface area contributed by atoms with Crippen molar-refractivity contribution in [3.8, 4) is 0 Å². The lowest BCUT2D eigenvalue weighted by atomic mass is 9.99. The second kappa shape index (κ2) is 3.28. The third kappa shape index (κ3) is 1.30. The van der Waals surface area contributed by atoms with Gasteiger partial charge in [0.1, 0.15) is 0 Å². The van der Waals surface area contributed by atoms with Gasteiger partial charge in [0, 0.05) is 18.6 Å². The van der Waals surface area contributed by atoms with Crippen molar-refractivity contribution < 1.29 is 9.90 Å². The molecule has 0 aliphatic carbocycles. The van der Waals surface area contributed by atoms with Gasteiger partial charge in [-0.25, -0.2) is 4.79 Å². The first kappa shape index (κ1) is 9.52. The van der Waals surface area contributed by atoms with Crippen molar-refractivity contribution in [3.05, 3.63) is 12.2 Å². The van der Waals surface area contributed by atoms with Gasteiger partial charge in [0.2, 0.25) is 0 Å². The Morgan fingerprint density at radius 3 is 2.86 bits per heavy atom. The Labute approximate surface area is 83.6 Å². The summed E-state index contributed by atoms with van der Waals surface area (Å²) in [6.45, 7) is 6.63. The number of nitrogens with one attached hydrogen (secondary N) is 1. The molecule has 0 saturated carbocycles. The van der Waals surface area contributed by atoms with Crippen LogP contribution in [0.4, 0.5) is 4.79 Å². The zero-order valence-corrected chi connectivity index (χ0v) is 8.36. The van der Waals surface area contributed by atoms with Crippen LogP contribution in [0.1, 0.15) is 19.8 Å². The third-order valence-electron chi connectivity index (χ3n) is 3.26. The van der Waals surface area contributed by atoms with Crippen molar-refractivity contribution in [2.75, 3.05) is 6.54 Å². The van der Waals surface area contributed by atoms with Crippen LogP contribution in [0.2, 0.25) is 0 Å². The summed E-state index contributed by atoms with van der Waals surface area (Å²) in [5.41, 5.74) is 1.03. The molecule has 0 aromatic rings. The first-order valence-electron chi connectivity index (χ1n) is 5.01. The number of fused-ring (bicyclic) bond motifs is 2. The van der Waals surface area contributed by atoms with Gasteiger partial charge in [-0.3, -0.25) is 4.90 Å². The predicted octanol–water partition coefficient (Wildman–Crippen LogP) is 1.05. The normalized spacial score (nSPS) is 35.8. The van der Waals surface area contributed by atoms with Gasteiger partial charge in [0.15, 0.2) is 0 Å². The Morgan fingerprint density at radius 1 is 1.57 bits per heavy atom. The van der Waals surface area contributed by atoms with Gasteiger partial charge in [-0.15, -0.1) is 0 Å². The van der Waals surface area contributed by atoms with E-state index in [1.54, 1.807) is 4.90 Å². The molecule has 14 heavy (non-hydrogen) atoms. The minimum absolute atomic E-state index is 0.101. The molecule has 0 aromatic heterocycles. The molecule has 78 valence electrons. The highest BCUT2D eigenvalue weighted by molar-refractivity contribution is 5.67. The topological polar surface area (TPSA) is 52.6 Å². The largest absolute Gasteiger partial charge is 0.465 e. The molecule has 2 fully saturated rings. The van der Waals surface area contributed by atoms with Gasteiger partial charge < -0.3 is 10.4 Å². The summed E-state index contributed by atoms with van der Waals surface area (Å²) >= 11 is 0. The van der Waals surface area contributed by atoms with Crippen molar-refractivity contribution in [2.45, 2.75) is 37.9 Å². The molecule has 1 amide bonds. The fourth-order valence-corrected chi connectivity index (χ4v) is 2.64. The molecule has 2 heterocycles. The second-order valence-electron chi connectivity index (χ2n) is 4.22. The summed E-state index contributed by atoms with van der Waals surface area (Å²) < 4.78 is 0. The van der Waals surface area contributed by atoms with E-state index in [9.17, 15) is 4.79 Å². The number of hydrogen-bond acceptors (Lipinski definition) is 2. The lowest BCUT2D eigenvalue weighted by Crippen LogP contribution is -2.59. The van der Waals surface area contributed by atoms with Crippen LogP contribution in [0, 0.1) is 0 Å². The smallest absolute Gasteiger partial charge is 0.407 e. The minimum Gasteiger partial charge on any atom is -0.465 e. The summed E-state index contributed by atoms with van der Waals surface area (Å²) in [5, 5.41) is 12.4. The van der Waals surface area contributed by atoms with Crippen LogP contribution in [-0.4, -0.2) is 40.8 Å². The molecule has 0 spiro atoms. The Morgan fingerprint density at radius 2 is 2.29 bits per heavy atom. The molecular formula is C10H16N2O2. The first-order valence-corrected chi connectivity index (χ1v) is 5.01. The molecule has 2 saturated heterocycles. The lowest BCUT2D eigenvalue weighted by molar-refractivity contribution is 0.0973. The maximum absolute atomic E-state index is 11.1. The van der Waals surface area contributed by atoms with Crippen molar-refractivity contribution >= 4 is 6.09 Å². The number of amides is 1. The summed E-state index contributed by atoms with van der Waals surface area (Å²) in [7, 11) is 0. The van der Waals surface area contributed by atoms with Gasteiger partial charge in [-0.1, -0.05) is 12.2 Å². The van der Waals surface area contributed by atoms with Crippen LogP contribution < -0.4 is 5.32 Å². The highest BCUT2D eigenvalue weighted by Crippen LogP contribution is 2.31. The lowest BCUT2D eigenvalue weighted by Gasteiger charge is -2.39. The van der Waals surface area contributed by atoms with E-state index in [0.717, 1.165) is 25.0 Å². The van der Waals surface area contributed by atoms with Crippen LogP contribution in [0.3, 0.4) is 0 Å². The molecule has 3 atom stereocenters. The SMILES string of the molecule is C=C(C)[C@H]1NC[C@H]2CC[C@@H]1N2C(=O)O. The molecule has 4 nitrogen and oxygen atoms in total. The average Bonchev–Trinajstić information content (AvgIpc) is 2.40. The number of hydrogen-bond donors (Lipinski definition) is 2. The number of rotatable bonds is 1. The molecule has 2 bridgehead atoms. The molecule has 4 heteroatoms. The van der Waals surface area contributed by atoms with Gasteiger partial charge >= 0.3 is 6.09 Å². The van der Waals surface area contributed by atoms with E-state index in [0.29, 0.717) is 0 Å². The molecule has 2 N–H and O–H groups in total. The predicted molar refractivity (Wildman–Crippen MR) is 53.3 cm³/mol. The highest BCUT2D eigenvalue weighted by Gasteiger charge is 2.44. The van der Waals surface area contributed by atoms with Gasteiger partial charge in [0.05, 0.1) is 6.04 Å². The zero-order chi connectivity index (χ0) is 10.3. The number of carbonyl (C=O) groups is 1. The Balaban J connectivity index is 2.21. The van der Waals surface area contributed by atoms with Gasteiger partial charge in [-0.05, 0) is 19.8 Å². The van der Waals surface area contributed by atoms with E-state index in [-0.39, 0.29) is 18.1 Å². The van der Waals surface area contributed by atoms with Crippen molar-refractivity contribution in [3.63, 3.8) is 0 Å². The zero-order valence-electron chi connectivity index (χ0n) is 8.36. The first-order chi connectivity index (χ1) is 6.61. The number of nitrogens with zero attached hydrogens (tertiary/aromatic N) is 1. The van der Waals surface area contributed by atoms with Crippen LogP contribution in [0.15, 0.2) is 12.2 Å². The van der Waals surface area contributed by atoms with Crippen LogP contribution in [0.25, 0.3) is 0 Å². The molecule has 2 aliphatic rings. The Hall–Kier alpha value is -1.03. The fourth-order valence-electron chi connectivity index (χ4n) is 2.64. The van der Waals surface area contributed by atoms with Gasteiger partial charge in [0.25, 0.3) is 0 Å². The Bertz CT molecular complexity index is 277. The van der Waals surface area contributed by atoms with E-state index < -0.39 is 6.09 Å². The van der Waals surface area contributed by atoms with E-state index >= 15 is 0 Å². The summed E-state index contributed by atoms with van der Waals surface area (Å²) in [4.78, 5) is 12.7. The Kier molecular flexibility index (Phi) is 2.23. The summed E-state index contributed by atoms with van der Waals surface area (Å²) in [6, 6.07) is 0.418. The standard InChI is InChI=1S/C10H16N2O2/c1-6(2)9-8-4-3-7(5-11-9)12(8)10(13)14/h7-9,11H,1,3-5H2,2H3,(H,13,14)/t7-,8+,9-/m1/s1. The molecule has 0 aromatic carbocycles. The molecule has 0 radical (unpaired) electrons. The molecule has 0 unspecified atom stereocenters. The van der Waals surface area contributed by atoms with Crippen molar-refractivity contribution in [1.82, 2.24) is 10.2 Å². The number of carboxylic acid groups (broad SMARTS) is 1. The third-order valence-corrected chi connectivity index (χ3v) is 3.26. The minimum atomic E-state index is -0.787. The van der Waals surface area contributed by atoms with Crippen molar-refractivity contribution in [2.24, 2.45) is 0 Å². The maximum Gasteiger partial charge on any atom is 0.407 e. The quantitative estimate of drug-likeness (QED) is 0.616. The monoisotopic (exact) mass is 196 g/mol. The number of piperazine rings is 1. The van der Waals surface area contributed by atoms with E-state index in [4.69, 9.17) is 5.11 Å². The highest BCUT2D eigenvalue weighted by atomic mass is 16.4. The van der Waals surface area contributed by atoms with E-state index in [1.807, 2.05) is 6.92 Å². The van der Waals surface area contributed by atoms with Crippen LogP contribution >= 0.6 is 0 Å². The van der Waals surface area contributed by atoms with Crippen LogP contribution in [0.5, 0.6) is 0 Å². The maximum atomic E-state index is 11.1.